The van der Waals surface area contributed by atoms with Gasteiger partial charge in [-0.15, -0.1) is 0 Å². The fraction of sp³-hybridized carbons (Fsp3) is 0.368. The van der Waals surface area contributed by atoms with E-state index < -0.39 is 0 Å². The minimum absolute atomic E-state index is 0.0713. The third-order valence-corrected chi connectivity index (χ3v) is 3.70. The zero-order chi connectivity index (χ0) is 17.4. The average Bonchev–Trinajstić information content (AvgIpc) is 2.59. The highest BCUT2D eigenvalue weighted by Crippen LogP contribution is 2.10. The first-order valence-electron chi connectivity index (χ1n) is 8.20. The summed E-state index contributed by atoms with van der Waals surface area (Å²) in [5.74, 6) is -0.0713. The van der Waals surface area contributed by atoms with Crippen LogP contribution in [0.15, 0.2) is 48.7 Å². The van der Waals surface area contributed by atoms with Gasteiger partial charge >= 0.3 is 0 Å². The van der Waals surface area contributed by atoms with Crippen LogP contribution in [0.4, 0.5) is 5.69 Å². The number of pyridine rings is 1. The van der Waals surface area contributed by atoms with E-state index in [0.29, 0.717) is 12.2 Å². The van der Waals surface area contributed by atoms with Crippen LogP contribution in [0.5, 0.6) is 0 Å². The maximum Gasteiger partial charge on any atom is 0.272 e. The predicted octanol–water partition coefficient (Wildman–Crippen LogP) is 2.72. The third kappa shape index (κ3) is 5.66. The second-order valence-electron chi connectivity index (χ2n) is 6.16. The molecule has 128 valence electrons. The summed E-state index contributed by atoms with van der Waals surface area (Å²) >= 11 is 0. The lowest BCUT2D eigenvalue weighted by Crippen LogP contribution is -2.27. The highest BCUT2D eigenvalue weighted by molar-refractivity contribution is 5.92. The number of hydrogen-bond acceptors (Lipinski definition) is 4. The molecule has 0 fully saturated rings. The van der Waals surface area contributed by atoms with E-state index >= 15 is 0 Å². The van der Waals surface area contributed by atoms with E-state index in [-0.39, 0.29) is 5.91 Å². The van der Waals surface area contributed by atoms with Gasteiger partial charge < -0.3 is 15.1 Å². The highest BCUT2D eigenvalue weighted by Gasteiger charge is 2.13. The van der Waals surface area contributed by atoms with Crippen LogP contribution in [0.2, 0.25) is 0 Å². The second kappa shape index (κ2) is 9.03. The third-order valence-electron chi connectivity index (χ3n) is 3.70. The molecule has 2 rings (SSSR count). The van der Waals surface area contributed by atoms with Gasteiger partial charge in [0.1, 0.15) is 5.69 Å². The van der Waals surface area contributed by atoms with E-state index in [4.69, 9.17) is 0 Å². The summed E-state index contributed by atoms with van der Waals surface area (Å²) in [5.41, 5.74) is 2.51. The number of carbonyl (C=O) groups is 1. The first-order valence-corrected chi connectivity index (χ1v) is 8.20. The van der Waals surface area contributed by atoms with E-state index in [2.05, 4.69) is 29.3 Å². The molecule has 0 saturated carbocycles. The molecule has 0 bridgehead atoms. The van der Waals surface area contributed by atoms with Crippen molar-refractivity contribution in [3.8, 4) is 0 Å². The Morgan fingerprint density at radius 1 is 1.08 bits per heavy atom. The van der Waals surface area contributed by atoms with E-state index in [1.807, 2.05) is 36.4 Å². The SMILES string of the molecule is CN(C)CCCNc1ccc(C(=O)N(C)Cc2ccccc2)nc1. The molecule has 1 aromatic heterocycles. The lowest BCUT2D eigenvalue weighted by Gasteiger charge is -2.17. The number of amides is 1. The molecular formula is C19H26N4O. The Balaban J connectivity index is 1.86. The number of carbonyl (C=O) groups excluding carboxylic acids is 1. The fourth-order valence-corrected chi connectivity index (χ4v) is 2.38. The number of benzene rings is 1. The molecule has 1 amide bonds. The van der Waals surface area contributed by atoms with Crippen LogP contribution in [0.1, 0.15) is 22.5 Å². The van der Waals surface area contributed by atoms with Crippen molar-refractivity contribution in [1.82, 2.24) is 14.8 Å². The van der Waals surface area contributed by atoms with E-state index in [9.17, 15) is 4.79 Å². The number of anilines is 1. The molecule has 0 aliphatic rings. The quantitative estimate of drug-likeness (QED) is 0.758. The van der Waals surface area contributed by atoms with Gasteiger partial charge in [0.2, 0.25) is 0 Å². The number of aromatic nitrogens is 1. The van der Waals surface area contributed by atoms with Crippen molar-refractivity contribution < 1.29 is 4.79 Å². The van der Waals surface area contributed by atoms with Gasteiger partial charge in [-0.3, -0.25) is 4.79 Å². The molecule has 2 aromatic rings. The summed E-state index contributed by atoms with van der Waals surface area (Å²) in [5, 5.41) is 3.32. The largest absolute Gasteiger partial charge is 0.384 e. The Hall–Kier alpha value is -2.40. The highest BCUT2D eigenvalue weighted by atomic mass is 16.2. The Kier molecular flexibility index (Phi) is 6.75. The summed E-state index contributed by atoms with van der Waals surface area (Å²) in [6.45, 7) is 2.51. The molecular weight excluding hydrogens is 300 g/mol. The van der Waals surface area contributed by atoms with Gasteiger partial charge in [0, 0.05) is 20.1 Å². The number of hydrogen-bond donors (Lipinski definition) is 1. The Labute approximate surface area is 144 Å². The smallest absolute Gasteiger partial charge is 0.272 e. The van der Waals surface area contributed by atoms with Crippen molar-refractivity contribution in [3.63, 3.8) is 0 Å². The number of nitrogens with zero attached hydrogens (tertiary/aromatic N) is 3. The zero-order valence-electron chi connectivity index (χ0n) is 14.7. The van der Waals surface area contributed by atoms with Crippen LogP contribution >= 0.6 is 0 Å². The van der Waals surface area contributed by atoms with Crippen LogP contribution in [0.3, 0.4) is 0 Å². The number of rotatable bonds is 8. The van der Waals surface area contributed by atoms with Crippen molar-refractivity contribution in [2.24, 2.45) is 0 Å². The van der Waals surface area contributed by atoms with Crippen LogP contribution < -0.4 is 5.32 Å². The molecule has 0 aliphatic heterocycles. The molecule has 0 radical (unpaired) electrons. The maximum atomic E-state index is 12.4. The Bertz CT molecular complexity index is 626. The molecule has 1 aromatic carbocycles. The summed E-state index contributed by atoms with van der Waals surface area (Å²) in [4.78, 5) is 20.6. The van der Waals surface area contributed by atoms with Gasteiger partial charge in [-0.1, -0.05) is 30.3 Å². The van der Waals surface area contributed by atoms with Crippen molar-refractivity contribution >= 4 is 11.6 Å². The molecule has 0 spiro atoms. The van der Waals surface area contributed by atoms with Crippen LogP contribution in [0, 0.1) is 0 Å². The molecule has 24 heavy (non-hydrogen) atoms. The fourth-order valence-electron chi connectivity index (χ4n) is 2.38. The standard InChI is InChI=1S/C19H26N4O/c1-22(2)13-7-12-20-17-10-11-18(21-14-17)19(24)23(3)15-16-8-5-4-6-9-16/h4-6,8-11,14,20H,7,12-13,15H2,1-3H3. The van der Waals surface area contributed by atoms with E-state index in [0.717, 1.165) is 30.8 Å². The zero-order valence-corrected chi connectivity index (χ0v) is 14.7. The Morgan fingerprint density at radius 3 is 2.46 bits per heavy atom. The average molecular weight is 326 g/mol. The van der Waals surface area contributed by atoms with E-state index in [1.54, 1.807) is 24.2 Å². The molecule has 0 aliphatic carbocycles. The summed E-state index contributed by atoms with van der Waals surface area (Å²) in [7, 11) is 5.92. The van der Waals surface area contributed by atoms with Gasteiger partial charge in [-0.2, -0.15) is 0 Å². The molecule has 0 saturated heterocycles. The molecule has 5 heteroatoms. The predicted molar refractivity (Wildman–Crippen MR) is 98.1 cm³/mol. The van der Waals surface area contributed by atoms with Gasteiger partial charge in [-0.05, 0) is 44.8 Å². The molecule has 1 heterocycles. The molecule has 0 unspecified atom stereocenters. The van der Waals surface area contributed by atoms with Gasteiger partial charge in [0.25, 0.3) is 5.91 Å². The lowest BCUT2D eigenvalue weighted by atomic mass is 10.2. The van der Waals surface area contributed by atoms with Crippen molar-refractivity contribution in [3.05, 3.63) is 59.9 Å². The van der Waals surface area contributed by atoms with Crippen LogP contribution in [-0.4, -0.2) is 54.9 Å². The Morgan fingerprint density at radius 2 is 1.83 bits per heavy atom. The van der Waals surface area contributed by atoms with Crippen molar-refractivity contribution in [1.29, 1.82) is 0 Å². The van der Waals surface area contributed by atoms with Gasteiger partial charge in [-0.25, -0.2) is 4.98 Å². The molecule has 5 nitrogen and oxygen atoms in total. The van der Waals surface area contributed by atoms with Gasteiger partial charge in [0.05, 0.1) is 11.9 Å². The molecule has 1 N–H and O–H groups in total. The number of nitrogens with one attached hydrogen (secondary N) is 1. The van der Waals surface area contributed by atoms with Crippen molar-refractivity contribution in [2.45, 2.75) is 13.0 Å². The van der Waals surface area contributed by atoms with Gasteiger partial charge in [0.15, 0.2) is 0 Å². The van der Waals surface area contributed by atoms with Crippen LogP contribution in [-0.2, 0) is 6.54 Å². The topological polar surface area (TPSA) is 48.5 Å². The first kappa shape index (κ1) is 17.9. The summed E-state index contributed by atoms with van der Waals surface area (Å²) in [6, 6.07) is 13.6. The summed E-state index contributed by atoms with van der Waals surface area (Å²) < 4.78 is 0. The molecule has 0 atom stereocenters. The maximum absolute atomic E-state index is 12.4. The minimum atomic E-state index is -0.0713. The normalized spacial score (nSPS) is 10.7. The van der Waals surface area contributed by atoms with E-state index in [1.165, 1.54) is 0 Å². The first-order chi connectivity index (χ1) is 11.6. The van der Waals surface area contributed by atoms with Crippen molar-refractivity contribution in [2.75, 3.05) is 39.5 Å². The monoisotopic (exact) mass is 326 g/mol. The van der Waals surface area contributed by atoms with Crippen LogP contribution in [0.25, 0.3) is 0 Å². The lowest BCUT2D eigenvalue weighted by molar-refractivity contribution is 0.0779. The second-order valence-corrected chi connectivity index (χ2v) is 6.16. The summed E-state index contributed by atoms with van der Waals surface area (Å²) in [6.07, 6.45) is 2.78. The minimum Gasteiger partial charge on any atom is -0.384 e.